The van der Waals surface area contributed by atoms with Gasteiger partial charge in [0.05, 0.1) is 19.1 Å². The number of methoxy groups -OCH3 is 1. The Morgan fingerprint density at radius 1 is 0.950 bits per heavy atom. The maximum absolute atomic E-state index is 14.2. The maximum Gasteiger partial charge on any atom is 0.255 e. The highest BCUT2D eigenvalue weighted by Crippen LogP contribution is 2.44. The average Bonchev–Trinajstić information content (AvgIpc) is 2.99. The number of ether oxygens (including phenoxy) is 3. The molecule has 7 nitrogen and oxygen atoms in total. The number of hydrogen-bond acceptors (Lipinski definition) is 5. The molecule has 4 aromatic carbocycles. The third-order valence-electron chi connectivity index (χ3n) is 7.25. The molecule has 202 valence electrons. The van der Waals surface area contributed by atoms with E-state index in [4.69, 9.17) is 14.2 Å². The Morgan fingerprint density at radius 2 is 1.68 bits per heavy atom. The first-order chi connectivity index (χ1) is 19.5. The Labute approximate surface area is 231 Å². The van der Waals surface area contributed by atoms with Crippen LogP contribution >= 0.6 is 0 Å². The number of nitrogens with one attached hydrogen (secondary N) is 1. The van der Waals surface area contributed by atoms with E-state index in [0.717, 1.165) is 11.1 Å². The third kappa shape index (κ3) is 4.84. The van der Waals surface area contributed by atoms with Crippen LogP contribution in [-0.4, -0.2) is 37.0 Å². The largest absolute Gasteiger partial charge is 0.497 e. The van der Waals surface area contributed by atoms with Crippen molar-refractivity contribution < 1.29 is 28.2 Å². The van der Waals surface area contributed by atoms with Gasteiger partial charge in [-0.3, -0.25) is 9.59 Å². The van der Waals surface area contributed by atoms with E-state index in [2.05, 4.69) is 5.32 Å². The van der Waals surface area contributed by atoms with Gasteiger partial charge in [0.2, 0.25) is 5.91 Å². The minimum Gasteiger partial charge on any atom is -0.497 e. The zero-order chi connectivity index (χ0) is 27.6. The molecule has 8 heteroatoms. The van der Waals surface area contributed by atoms with E-state index >= 15 is 0 Å². The standard InChI is InChI=1S/C32H27FN2O5/c1-38-24-13-8-21(9-14-24)30-29(31(36)34-23-12-15-27-28(18-23)40-17-16-39-27)25-4-2-3-5-26(25)32(37)35(30)19-20-6-10-22(33)11-7-20/h2-15,18,29-30H,16-17,19H2,1H3,(H,34,36)/t29-,30-/m0/s1. The first-order valence-corrected chi connectivity index (χ1v) is 13.0. The zero-order valence-corrected chi connectivity index (χ0v) is 21.8. The molecule has 6 rings (SSSR count). The molecule has 2 atom stereocenters. The summed E-state index contributed by atoms with van der Waals surface area (Å²) >= 11 is 0. The number of halogens is 1. The topological polar surface area (TPSA) is 77.1 Å². The number of hydrogen-bond donors (Lipinski definition) is 1. The van der Waals surface area contributed by atoms with Crippen LogP contribution in [0.15, 0.2) is 91.0 Å². The summed E-state index contributed by atoms with van der Waals surface area (Å²) in [7, 11) is 1.58. The van der Waals surface area contributed by atoms with Gasteiger partial charge in [-0.05, 0) is 59.2 Å². The second-order valence-electron chi connectivity index (χ2n) is 9.69. The van der Waals surface area contributed by atoms with E-state index in [0.29, 0.717) is 47.3 Å². The van der Waals surface area contributed by atoms with E-state index in [1.54, 1.807) is 54.5 Å². The van der Waals surface area contributed by atoms with Crippen LogP contribution in [0.1, 0.15) is 39.0 Å². The summed E-state index contributed by atoms with van der Waals surface area (Å²) in [6.45, 7) is 1.09. The lowest BCUT2D eigenvalue weighted by Crippen LogP contribution is -2.45. The molecule has 0 aliphatic carbocycles. The molecule has 2 aliphatic heterocycles. The number of benzene rings is 4. The van der Waals surface area contributed by atoms with Crippen molar-refractivity contribution in [2.75, 3.05) is 25.6 Å². The fourth-order valence-corrected chi connectivity index (χ4v) is 5.35. The summed E-state index contributed by atoms with van der Waals surface area (Å²) in [6.07, 6.45) is 0. The second kappa shape index (κ2) is 10.7. The minimum absolute atomic E-state index is 0.192. The zero-order valence-electron chi connectivity index (χ0n) is 21.8. The van der Waals surface area contributed by atoms with Crippen LogP contribution < -0.4 is 19.5 Å². The van der Waals surface area contributed by atoms with Crippen LogP contribution in [0.2, 0.25) is 0 Å². The fraction of sp³-hybridized carbons (Fsp3) is 0.188. The monoisotopic (exact) mass is 538 g/mol. The van der Waals surface area contributed by atoms with Gasteiger partial charge in [0, 0.05) is 23.9 Å². The van der Waals surface area contributed by atoms with E-state index < -0.39 is 12.0 Å². The number of anilines is 1. The molecule has 0 bridgehead atoms. The molecule has 0 unspecified atom stereocenters. The molecule has 2 aliphatic rings. The molecule has 0 saturated carbocycles. The summed E-state index contributed by atoms with van der Waals surface area (Å²) in [6, 6.07) is 25.2. The van der Waals surface area contributed by atoms with Crippen LogP contribution in [0.25, 0.3) is 0 Å². The maximum atomic E-state index is 14.2. The van der Waals surface area contributed by atoms with Crippen molar-refractivity contribution in [2.24, 2.45) is 0 Å². The SMILES string of the molecule is COc1ccc([C@H]2[C@@H](C(=O)Nc3ccc4c(c3)OCCO4)c3ccccc3C(=O)N2Cc2ccc(F)cc2)cc1. The van der Waals surface area contributed by atoms with Crippen molar-refractivity contribution in [3.05, 3.63) is 119 Å². The van der Waals surface area contributed by atoms with Crippen LogP contribution in [0, 0.1) is 5.82 Å². The Kier molecular flexibility index (Phi) is 6.82. The Morgan fingerprint density at radius 3 is 2.42 bits per heavy atom. The van der Waals surface area contributed by atoms with Gasteiger partial charge in [-0.1, -0.05) is 42.5 Å². The number of carbonyl (C=O) groups excluding carboxylic acids is 2. The number of fused-ring (bicyclic) bond motifs is 2. The van der Waals surface area contributed by atoms with E-state index in [1.807, 2.05) is 36.4 Å². The van der Waals surface area contributed by atoms with Crippen LogP contribution in [0.4, 0.5) is 10.1 Å². The van der Waals surface area contributed by atoms with Crippen molar-refractivity contribution >= 4 is 17.5 Å². The molecular formula is C32H27FN2O5. The Hall–Kier alpha value is -4.85. The van der Waals surface area contributed by atoms with Crippen molar-refractivity contribution in [1.82, 2.24) is 4.90 Å². The second-order valence-corrected chi connectivity index (χ2v) is 9.69. The lowest BCUT2D eigenvalue weighted by atomic mass is 9.79. The fourth-order valence-electron chi connectivity index (χ4n) is 5.35. The molecule has 2 heterocycles. The molecular weight excluding hydrogens is 511 g/mol. The molecule has 0 aromatic heterocycles. The minimum atomic E-state index is -0.740. The van der Waals surface area contributed by atoms with Gasteiger partial charge < -0.3 is 24.4 Å². The highest BCUT2D eigenvalue weighted by Gasteiger charge is 2.44. The number of amides is 2. The molecule has 40 heavy (non-hydrogen) atoms. The molecule has 4 aromatic rings. The van der Waals surface area contributed by atoms with Crippen LogP contribution in [-0.2, 0) is 11.3 Å². The van der Waals surface area contributed by atoms with E-state index in [1.165, 1.54) is 12.1 Å². The van der Waals surface area contributed by atoms with E-state index in [-0.39, 0.29) is 24.2 Å². The van der Waals surface area contributed by atoms with Gasteiger partial charge in [-0.2, -0.15) is 0 Å². The summed E-state index contributed by atoms with van der Waals surface area (Å²) in [4.78, 5) is 29.8. The van der Waals surface area contributed by atoms with Crippen LogP contribution in [0.5, 0.6) is 17.2 Å². The van der Waals surface area contributed by atoms with Crippen molar-refractivity contribution in [1.29, 1.82) is 0 Å². The summed E-state index contributed by atoms with van der Waals surface area (Å²) in [5.74, 6) is 0.269. The molecule has 1 N–H and O–H groups in total. The third-order valence-corrected chi connectivity index (χ3v) is 7.25. The van der Waals surface area contributed by atoms with Crippen molar-refractivity contribution in [3.63, 3.8) is 0 Å². The smallest absolute Gasteiger partial charge is 0.255 e. The van der Waals surface area contributed by atoms with Crippen LogP contribution in [0.3, 0.4) is 0 Å². The lowest BCUT2D eigenvalue weighted by molar-refractivity contribution is -0.119. The number of carbonyl (C=O) groups is 2. The summed E-state index contributed by atoms with van der Waals surface area (Å²) in [5, 5.41) is 3.04. The summed E-state index contributed by atoms with van der Waals surface area (Å²) < 4.78 is 30.3. The normalized spacial score (nSPS) is 17.6. The Balaban J connectivity index is 1.43. The molecule has 0 spiro atoms. The predicted octanol–water partition coefficient (Wildman–Crippen LogP) is 5.73. The highest BCUT2D eigenvalue weighted by atomic mass is 19.1. The quantitative estimate of drug-likeness (QED) is 0.340. The molecule has 0 fully saturated rings. The van der Waals surface area contributed by atoms with Gasteiger partial charge in [-0.25, -0.2) is 4.39 Å². The van der Waals surface area contributed by atoms with Gasteiger partial charge in [0.1, 0.15) is 24.8 Å². The lowest BCUT2D eigenvalue weighted by Gasteiger charge is -2.42. The predicted molar refractivity (Wildman–Crippen MR) is 147 cm³/mol. The summed E-state index contributed by atoms with van der Waals surface area (Å²) in [5.41, 5.74) is 3.17. The van der Waals surface area contributed by atoms with Crippen molar-refractivity contribution in [2.45, 2.75) is 18.5 Å². The molecule has 2 amide bonds. The first kappa shape index (κ1) is 25.4. The van der Waals surface area contributed by atoms with E-state index in [9.17, 15) is 14.0 Å². The molecule has 0 saturated heterocycles. The Bertz CT molecular complexity index is 1550. The number of nitrogens with zero attached hydrogens (tertiary/aromatic N) is 1. The van der Waals surface area contributed by atoms with Gasteiger partial charge in [0.25, 0.3) is 5.91 Å². The van der Waals surface area contributed by atoms with Gasteiger partial charge in [-0.15, -0.1) is 0 Å². The molecule has 0 radical (unpaired) electrons. The van der Waals surface area contributed by atoms with Crippen molar-refractivity contribution in [3.8, 4) is 17.2 Å². The number of rotatable bonds is 6. The van der Waals surface area contributed by atoms with Gasteiger partial charge >= 0.3 is 0 Å². The highest BCUT2D eigenvalue weighted by molar-refractivity contribution is 6.04. The van der Waals surface area contributed by atoms with Gasteiger partial charge in [0.15, 0.2) is 11.5 Å². The average molecular weight is 539 g/mol. The first-order valence-electron chi connectivity index (χ1n) is 13.0.